The van der Waals surface area contributed by atoms with Gasteiger partial charge in [-0.2, -0.15) is 0 Å². The molecule has 0 fully saturated rings. The molecule has 1 aromatic carbocycles. The first-order valence-corrected chi connectivity index (χ1v) is 8.25. The minimum atomic E-state index is -1.22. The van der Waals surface area contributed by atoms with Gasteiger partial charge in [-0.15, -0.1) is 11.3 Å². The molecule has 0 radical (unpaired) electrons. The standard InChI is InChI=1S/C17H19NO4S/c1-2-9-22-13-7-5-12(6-8-13)14(11-16(19)20)18-17(21)15-4-3-10-23-15/h3-8,10,14H,2,9,11H2,1H3,(H,18,21)(H,19,20)/p-1/t14-/m1/s1. The molecule has 1 heterocycles. The fraction of sp³-hybridized carbons (Fsp3) is 0.294. The second-order valence-corrected chi connectivity index (χ2v) is 5.94. The van der Waals surface area contributed by atoms with Crippen LogP contribution in [-0.4, -0.2) is 18.5 Å². The molecule has 0 aliphatic carbocycles. The third-order valence-electron chi connectivity index (χ3n) is 3.18. The van der Waals surface area contributed by atoms with Gasteiger partial charge in [-0.3, -0.25) is 4.79 Å². The van der Waals surface area contributed by atoms with E-state index in [1.807, 2.05) is 6.92 Å². The number of benzene rings is 1. The van der Waals surface area contributed by atoms with Crippen molar-refractivity contribution >= 4 is 23.2 Å². The van der Waals surface area contributed by atoms with Crippen LogP contribution in [0.15, 0.2) is 41.8 Å². The van der Waals surface area contributed by atoms with Gasteiger partial charge in [0.2, 0.25) is 0 Å². The van der Waals surface area contributed by atoms with Gasteiger partial charge in [-0.25, -0.2) is 0 Å². The number of nitrogens with one attached hydrogen (secondary N) is 1. The van der Waals surface area contributed by atoms with E-state index in [1.54, 1.807) is 41.8 Å². The van der Waals surface area contributed by atoms with Crippen LogP contribution in [0, 0.1) is 0 Å². The number of amides is 1. The summed E-state index contributed by atoms with van der Waals surface area (Å²) in [4.78, 5) is 23.7. The van der Waals surface area contributed by atoms with Crippen LogP contribution in [0.4, 0.5) is 0 Å². The number of carboxylic acids is 1. The van der Waals surface area contributed by atoms with E-state index in [2.05, 4.69) is 5.32 Å². The summed E-state index contributed by atoms with van der Waals surface area (Å²) in [6.45, 7) is 2.64. The fourth-order valence-electron chi connectivity index (χ4n) is 2.07. The largest absolute Gasteiger partial charge is 0.550 e. The highest BCUT2D eigenvalue weighted by Gasteiger charge is 2.17. The molecule has 0 bridgehead atoms. The Morgan fingerprint density at radius 1 is 1.26 bits per heavy atom. The highest BCUT2D eigenvalue weighted by atomic mass is 32.1. The Labute approximate surface area is 138 Å². The lowest BCUT2D eigenvalue weighted by atomic mass is 10.0. The van der Waals surface area contributed by atoms with Crippen molar-refractivity contribution in [3.63, 3.8) is 0 Å². The Hall–Kier alpha value is -2.34. The molecule has 1 aromatic heterocycles. The van der Waals surface area contributed by atoms with Gasteiger partial charge < -0.3 is 20.0 Å². The Morgan fingerprint density at radius 2 is 2.00 bits per heavy atom. The number of rotatable bonds is 8. The lowest BCUT2D eigenvalue weighted by Crippen LogP contribution is -2.33. The van der Waals surface area contributed by atoms with E-state index in [-0.39, 0.29) is 12.3 Å². The number of carboxylic acid groups (broad SMARTS) is 1. The summed E-state index contributed by atoms with van der Waals surface area (Å²) in [6, 6.07) is 9.87. The molecule has 0 aliphatic rings. The van der Waals surface area contributed by atoms with Crippen molar-refractivity contribution in [3.8, 4) is 5.75 Å². The van der Waals surface area contributed by atoms with Crippen molar-refractivity contribution in [1.82, 2.24) is 5.32 Å². The molecule has 2 aromatic rings. The number of hydrogen-bond donors (Lipinski definition) is 1. The molecule has 2 rings (SSSR count). The molecule has 0 saturated carbocycles. The molecular formula is C17H18NO4S-. The minimum absolute atomic E-state index is 0.285. The number of carbonyl (C=O) groups is 2. The number of hydrogen-bond acceptors (Lipinski definition) is 5. The Kier molecular flexibility index (Phi) is 6.17. The molecule has 0 spiro atoms. The topological polar surface area (TPSA) is 78.5 Å². The van der Waals surface area contributed by atoms with Crippen LogP contribution in [-0.2, 0) is 4.79 Å². The Bertz CT molecular complexity index is 637. The summed E-state index contributed by atoms with van der Waals surface area (Å²) in [6.07, 6.45) is 0.623. The third-order valence-corrected chi connectivity index (χ3v) is 4.05. The van der Waals surface area contributed by atoms with E-state index in [9.17, 15) is 14.7 Å². The summed E-state index contributed by atoms with van der Waals surface area (Å²) in [7, 11) is 0. The van der Waals surface area contributed by atoms with Gasteiger partial charge >= 0.3 is 0 Å². The average Bonchev–Trinajstić information content (AvgIpc) is 3.07. The van der Waals surface area contributed by atoms with Gasteiger partial charge in [0.15, 0.2) is 0 Å². The average molecular weight is 332 g/mol. The van der Waals surface area contributed by atoms with Gasteiger partial charge in [0.05, 0.1) is 17.5 Å². The number of ether oxygens (including phenoxy) is 1. The summed E-state index contributed by atoms with van der Waals surface area (Å²) in [5, 5.41) is 15.5. The van der Waals surface area contributed by atoms with E-state index in [1.165, 1.54) is 11.3 Å². The summed E-state index contributed by atoms with van der Waals surface area (Å²) in [5.41, 5.74) is 0.697. The lowest BCUT2D eigenvalue weighted by molar-refractivity contribution is -0.306. The maximum atomic E-state index is 12.1. The van der Waals surface area contributed by atoms with Crippen LogP contribution in [0.2, 0.25) is 0 Å². The molecule has 1 amide bonds. The smallest absolute Gasteiger partial charge is 0.261 e. The van der Waals surface area contributed by atoms with Gasteiger partial charge in [-0.1, -0.05) is 25.1 Å². The summed E-state index contributed by atoms with van der Waals surface area (Å²) < 4.78 is 5.50. The van der Waals surface area contributed by atoms with Gasteiger partial charge in [0, 0.05) is 12.4 Å². The van der Waals surface area contributed by atoms with Crippen molar-refractivity contribution in [2.45, 2.75) is 25.8 Å². The Morgan fingerprint density at radius 3 is 2.57 bits per heavy atom. The quantitative estimate of drug-likeness (QED) is 0.803. The first kappa shape index (κ1) is 17.0. The van der Waals surface area contributed by atoms with E-state index in [0.29, 0.717) is 22.8 Å². The van der Waals surface area contributed by atoms with Crippen LogP contribution < -0.4 is 15.2 Å². The van der Waals surface area contributed by atoms with E-state index >= 15 is 0 Å². The molecule has 1 N–H and O–H groups in total. The van der Waals surface area contributed by atoms with Crippen molar-refractivity contribution in [3.05, 3.63) is 52.2 Å². The predicted octanol–water partition coefficient (Wildman–Crippen LogP) is 2.15. The molecule has 0 aliphatic heterocycles. The minimum Gasteiger partial charge on any atom is -0.550 e. The molecule has 6 heteroatoms. The van der Waals surface area contributed by atoms with Crippen molar-refractivity contribution in [2.75, 3.05) is 6.61 Å². The number of aliphatic carboxylic acids is 1. The Balaban J connectivity index is 2.11. The number of carbonyl (C=O) groups excluding carboxylic acids is 2. The first-order chi connectivity index (χ1) is 11.1. The normalized spacial score (nSPS) is 11.7. The monoisotopic (exact) mass is 332 g/mol. The summed E-state index contributed by atoms with van der Waals surface area (Å²) in [5.74, 6) is -0.794. The highest BCUT2D eigenvalue weighted by Crippen LogP contribution is 2.21. The van der Waals surface area contributed by atoms with Crippen LogP contribution >= 0.6 is 11.3 Å². The highest BCUT2D eigenvalue weighted by molar-refractivity contribution is 7.12. The maximum absolute atomic E-state index is 12.1. The number of thiophene rings is 1. The van der Waals surface area contributed by atoms with E-state index in [4.69, 9.17) is 4.74 Å². The van der Waals surface area contributed by atoms with Crippen LogP contribution in [0.3, 0.4) is 0 Å². The van der Waals surface area contributed by atoms with Crippen LogP contribution in [0.5, 0.6) is 5.75 Å². The molecule has 23 heavy (non-hydrogen) atoms. The fourth-order valence-corrected chi connectivity index (χ4v) is 2.70. The van der Waals surface area contributed by atoms with Gasteiger partial charge in [0.1, 0.15) is 5.75 Å². The van der Waals surface area contributed by atoms with Crippen molar-refractivity contribution < 1.29 is 19.4 Å². The summed E-state index contributed by atoms with van der Waals surface area (Å²) >= 11 is 1.30. The van der Waals surface area contributed by atoms with Crippen molar-refractivity contribution in [2.24, 2.45) is 0 Å². The predicted molar refractivity (Wildman–Crippen MR) is 86.4 cm³/mol. The SMILES string of the molecule is CCCOc1ccc([C@@H](CC(=O)[O-])NC(=O)c2cccs2)cc1. The molecule has 0 unspecified atom stereocenters. The van der Waals surface area contributed by atoms with E-state index < -0.39 is 12.0 Å². The van der Waals surface area contributed by atoms with Gasteiger partial charge in [0.25, 0.3) is 5.91 Å². The zero-order valence-corrected chi connectivity index (χ0v) is 13.6. The third kappa shape index (κ3) is 5.10. The zero-order chi connectivity index (χ0) is 16.7. The maximum Gasteiger partial charge on any atom is 0.261 e. The zero-order valence-electron chi connectivity index (χ0n) is 12.8. The van der Waals surface area contributed by atoms with Crippen LogP contribution in [0.1, 0.15) is 41.0 Å². The lowest BCUT2D eigenvalue weighted by Gasteiger charge is -2.20. The first-order valence-electron chi connectivity index (χ1n) is 7.37. The molecule has 0 saturated heterocycles. The van der Waals surface area contributed by atoms with E-state index in [0.717, 1.165) is 6.42 Å². The molecular weight excluding hydrogens is 314 g/mol. The second kappa shape index (κ2) is 8.33. The van der Waals surface area contributed by atoms with Crippen molar-refractivity contribution in [1.29, 1.82) is 0 Å². The molecule has 5 nitrogen and oxygen atoms in total. The van der Waals surface area contributed by atoms with Crippen LogP contribution in [0.25, 0.3) is 0 Å². The molecule has 122 valence electrons. The second-order valence-electron chi connectivity index (χ2n) is 5.00. The van der Waals surface area contributed by atoms with Gasteiger partial charge in [-0.05, 0) is 35.6 Å². The molecule has 1 atom stereocenters.